The average Bonchev–Trinajstić information content (AvgIpc) is 3.18. The molecular formula is C18H20N4O2S. The highest BCUT2D eigenvalue weighted by Crippen LogP contribution is 2.30. The fourth-order valence-corrected chi connectivity index (χ4v) is 4.08. The normalized spacial score (nSPS) is 14.4. The van der Waals surface area contributed by atoms with Gasteiger partial charge >= 0.3 is 0 Å². The fourth-order valence-electron chi connectivity index (χ4n) is 3.21. The lowest BCUT2D eigenvalue weighted by Gasteiger charge is -2.11. The van der Waals surface area contributed by atoms with Gasteiger partial charge in [0.25, 0.3) is 5.56 Å². The molecule has 2 aromatic rings. The Kier molecular flexibility index (Phi) is 5.00. The molecule has 0 aromatic carbocycles. The summed E-state index contributed by atoms with van der Waals surface area (Å²) in [7, 11) is 0. The van der Waals surface area contributed by atoms with Gasteiger partial charge in [-0.05, 0) is 25.8 Å². The first-order valence-electron chi connectivity index (χ1n) is 8.39. The second-order valence-electron chi connectivity index (χ2n) is 6.46. The minimum Gasteiger partial charge on any atom is -0.338 e. The van der Waals surface area contributed by atoms with Crippen LogP contribution in [0.4, 0.5) is 11.5 Å². The van der Waals surface area contributed by atoms with E-state index in [0.29, 0.717) is 22.3 Å². The minimum absolute atomic E-state index is 0.0116. The van der Waals surface area contributed by atoms with Gasteiger partial charge in [-0.25, -0.2) is 4.98 Å². The standard InChI is InChI=1S/C18H20N4O2S/c1-10(23)15-8-14(11(2)25-15)20-17-13(9-19)18(24)22-16(21-17)7-12-5-3-4-6-12/h8,12H,3-7H2,1-2H3,(H2,20,21,22,24). The van der Waals surface area contributed by atoms with Crippen molar-refractivity contribution in [3.8, 4) is 6.07 Å². The van der Waals surface area contributed by atoms with E-state index in [4.69, 9.17) is 0 Å². The molecule has 0 unspecified atom stereocenters. The number of Topliss-reactive ketones (excluding diaryl/α,β-unsaturated/α-hetero) is 1. The summed E-state index contributed by atoms with van der Waals surface area (Å²) in [5.41, 5.74) is 0.245. The number of thiophene rings is 1. The number of ketones is 1. The Morgan fingerprint density at radius 2 is 2.20 bits per heavy atom. The molecule has 7 heteroatoms. The monoisotopic (exact) mass is 356 g/mol. The summed E-state index contributed by atoms with van der Waals surface area (Å²) in [5, 5.41) is 12.4. The average molecular weight is 356 g/mol. The Labute approximate surface area is 149 Å². The van der Waals surface area contributed by atoms with Crippen molar-refractivity contribution in [2.75, 3.05) is 5.32 Å². The first-order valence-corrected chi connectivity index (χ1v) is 9.21. The Morgan fingerprint density at radius 3 is 2.80 bits per heavy atom. The lowest BCUT2D eigenvalue weighted by atomic mass is 10.0. The van der Waals surface area contributed by atoms with Gasteiger partial charge in [0, 0.05) is 11.3 Å². The zero-order valence-corrected chi connectivity index (χ0v) is 15.1. The molecule has 0 atom stereocenters. The predicted octanol–water partition coefficient (Wildman–Crippen LogP) is 3.69. The molecule has 1 aliphatic rings. The number of aromatic nitrogens is 2. The van der Waals surface area contributed by atoms with Crippen LogP contribution in [0, 0.1) is 24.2 Å². The predicted molar refractivity (Wildman–Crippen MR) is 97.6 cm³/mol. The van der Waals surface area contributed by atoms with Crippen molar-refractivity contribution in [1.82, 2.24) is 9.97 Å². The number of rotatable bonds is 5. The molecule has 130 valence electrons. The van der Waals surface area contributed by atoms with Crippen molar-refractivity contribution < 1.29 is 4.79 Å². The fraction of sp³-hybridized carbons (Fsp3) is 0.444. The van der Waals surface area contributed by atoms with Crippen molar-refractivity contribution in [3.05, 3.63) is 37.6 Å². The van der Waals surface area contributed by atoms with E-state index in [0.717, 1.165) is 24.1 Å². The number of nitrogens with zero attached hydrogens (tertiary/aromatic N) is 2. The summed E-state index contributed by atoms with van der Waals surface area (Å²) in [6.45, 7) is 3.40. The molecule has 1 aliphatic carbocycles. The summed E-state index contributed by atoms with van der Waals surface area (Å²) in [5.74, 6) is 1.40. The highest BCUT2D eigenvalue weighted by Gasteiger charge is 2.19. The van der Waals surface area contributed by atoms with Crippen LogP contribution in [-0.4, -0.2) is 15.8 Å². The Bertz CT molecular complexity index is 901. The van der Waals surface area contributed by atoms with Crippen LogP contribution in [0.3, 0.4) is 0 Å². The molecular weight excluding hydrogens is 336 g/mol. The van der Waals surface area contributed by atoms with E-state index >= 15 is 0 Å². The van der Waals surface area contributed by atoms with Crippen molar-refractivity contribution in [2.45, 2.75) is 46.0 Å². The number of carbonyl (C=O) groups is 1. The molecule has 0 spiro atoms. The van der Waals surface area contributed by atoms with Crippen LogP contribution < -0.4 is 10.9 Å². The van der Waals surface area contributed by atoms with Crippen LogP contribution in [-0.2, 0) is 6.42 Å². The van der Waals surface area contributed by atoms with E-state index in [1.807, 2.05) is 13.0 Å². The minimum atomic E-state index is -0.423. The molecule has 2 heterocycles. The van der Waals surface area contributed by atoms with E-state index in [-0.39, 0.29) is 17.2 Å². The van der Waals surface area contributed by atoms with E-state index in [2.05, 4.69) is 15.3 Å². The van der Waals surface area contributed by atoms with Crippen molar-refractivity contribution in [1.29, 1.82) is 5.26 Å². The Morgan fingerprint density at radius 1 is 1.48 bits per heavy atom. The molecule has 1 fully saturated rings. The van der Waals surface area contributed by atoms with Crippen LogP contribution in [0.15, 0.2) is 10.9 Å². The van der Waals surface area contributed by atoms with Crippen molar-refractivity contribution >= 4 is 28.6 Å². The zero-order chi connectivity index (χ0) is 18.0. The zero-order valence-electron chi connectivity index (χ0n) is 14.3. The number of nitriles is 1. The summed E-state index contributed by atoms with van der Waals surface area (Å²) in [6.07, 6.45) is 5.46. The molecule has 0 amide bonds. The molecule has 0 bridgehead atoms. The molecule has 1 saturated carbocycles. The lowest BCUT2D eigenvalue weighted by molar-refractivity contribution is 0.102. The Balaban J connectivity index is 1.93. The largest absolute Gasteiger partial charge is 0.338 e. The third-order valence-electron chi connectivity index (χ3n) is 4.55. The molecule has 0 radical (unpaired) electrons. The topological polar surface area (TPSA) is 98.6 Å². The van der Waals surface area contributed by atoms with Gasteiger partial charge in [-0.15, -0.1) is 11.3 Å². The van der Waals surface area contributed by atoms with Gasteiger partial charge in [-0.3, -0.25) is 9.59 Å². The maximum atomic E-state index is 12.2. The summed E-state index contributed by atoms with van der Waals surface area (Å²) in [6, 6.07) is 3.66. The molecule has 2 aromatic heterocycles. The lowest BCUT2D eigenvalue weighted by Crippen LogP contribution is -2.19. The molecule has 2 N–H and O–H groups in total. The van der Waals surface area contributed by atoms with Gasteiger partial charge < -0.3 is 10.3 Å². The third-order valence-corrected chi connectivity index (χ3v) is 5.71. The Hall–Kier alpha value is -2.46. The SMILES string of the molecule is CC(=O)c1cc(Nc2nc(CC3CCCC3)[nH]c(=O)c2C#N)c(C)s1. The van der Waals surface area contributed by atoms with Crippen LogP contribution in [0.25, 0.3) is 0 Å². The van der Waals surface area contributed by atoms with E-state index in [1.54, 1.807) is 6.07 Å². The van der Waals surface area contributed by atoms with Gasteiger partial charge in [-0.2, -0.15) is 5.26 Å². The van der Waals surface area contributed by atoms with Gasteiger partial charge in [0.2, 0.25) is 0 Å². The van der Waals surface area contributed by atoms with Crippen molar-refractivity contribution in [3.63, 3.8) is 0 Å². The quantitative estimate of drug-likeness (QED) is 0.796. The second kappa shape index (κ2) is 7.19. The van der Waals surface area contributed by atoms with Crippen LogP contribution in [0.1, 0.15) is 58.5 Å². The van der Waals surface area contributed by atoms with E-state index < -0.39 is 5.56 Å². The number of hydrogen-bond donors (Lipinski definition) is 2. The number of hydrogen-bond acceptors (Lipinski definition) is 6. The van der Waals surface area contributed by atoms with Crippen LogP contribution in [0.2, 0.25) is 0 Å². The smallest absolute Gasteiger partial charge is 0.271 e. The summed E-state index contributed by atoms with van der Waals surface area (Å²) >= 11 is 1.38. The number of nitrogens with one attached hydrogen (secondary N) is 2. The van der Waals surface area contributed by atoms with Gasteiger partial charge in [0.05, 0.1) is 10.6 Å². The van der Waals surface area contributed by atoms with Crippen LogP contribution >= 0.6 is 11.3 Å². The molecule has 0 aliphatic heterocycles. The molecule has 0 saturated heterocycles. The summed E-state index contributed by atoms with van der Waals surface area (Å²) < 4.78 is 0. The van der Waals surface area contributed by atoms with Crippen molar-refractivity contribution in [2.24, 2.45) is 5.92 Å². The van der Waals surface area contributed by atoms with Gasteiger partial charge in [0.15, 0.2) is 17.2 Å². The van der Waals surface area contributed by atoms with Crippen LogP contribution in [0.5, 0.6) is 0 Å². The van der Waals surface area contributed by atoms with Gasteiger partial charge in [-0.1, -0.05) is 25.7 Å². The highest BCUT2D eigenvalue weighted by atomic mass is 32.1. The molecule has 3 rings (SSSR count). The number of aromatic amines is 1. The van der Waals surface area contributed by atoms with E-state index in [1.165, 1.54) is 31.1 Å². The molecule has 6 nitrogen and oxygen atoms in total. The first-order chi connectivity index (χ1) is 12.0. The second-order valence-corrected chi connectivity index (χ2v) is 7.72. The van der Waals surface area contributed by atoms with E-state index in [9.17, 15) is 14.9 Å². The summed E-state index contributed by atoms with van der Waals surface area (Å²) in [4.78, 5) is 32.6. The molecule has 25 heavy (non-hydrogen) atoms. The number of anilines is 2. The third kappa shape index (κ3) is 3.80. The maximum absolute atomic E-state index is 12.2. The number of H-pyrrole nitrogens is 1. The highest BCUT2D eigenvalue weighted by molar-refractivity contribution is 7.14. The first kappa shape index (κ1) is 17.4. The maximum Gasteiger partial charge on any atom is 0.271 e. The number of aryl methyl sites for hydroxylation is 1. The van der Waals surface area contributed by atoms with Gasteiger partial charge in [0.1, 0.15) is 11.9 Å². The number of carbonyl (C=O) groups excluding carboxylic acids is 1.